The highest BCUT2D eigenvalue weighted by Gasteiger charge is 2.20. The number of H-pyrrole nitrogens is 1. The molecule has 0 aliphatic rings. The predicted octanol–water partition coefficient (Wildman–Crippen LogP) is 3.86. The smallest absolute Gasteiger partial charge is 0.161 e. The number of hydrogen-bond acceptors (Lipinski definition) is 5. The minimum atomic E-state index is 0.532. The third kappa shape index (κ3) is 3.55. The second kappa shape index (κ2) is 8.12. The van der Waals surface area contributed by atoms with E-state index >= 15 is 0 Å². The molecule has 4 N–H and O–H groups in total. The van der Waals surface area contributed by atoms with Gasteiger partial charge in [-0.1, -0.05) is 19.1 Å². The van der Waals surface area contributed by atoms with E-state index in [1.807, 2.05) is 30.6 Å². The number of nitrogens with two attached hydrogens (primary N) is 1. The largest absolute Gasteiger partial charge is 0.383 e. The molecule has 28 heavy (non-hydrogen) atoms. The van der Waals surface area contributed by atoms with Crippen LogP contribution in [0.2, 0.25) is 0 Å². The minimum absolute atomic E-state index is 0.532. The summed E-state index contributed by atoms with van der Waals surface area (Å²) in [5.41, 5.74) is 10.4. The molecule has 0 aliphatic heterocycles. The van der Waals surface area contributed by atoms with Crippen LogP contribution in [0.15, 0.2) is 48.8 Å². The second-order valence-electron chi connectivity index (χ2n) is 6.82. The fourth-order valence-corrected chi connectivity index (χ4v) is 3.44. The van der Waals surface area contributed by atoms with Crippen LogP contribution in [-0.2, 0) is 13.0 Å². The Morgan fingerprint density at radius 1 is 1.14 bits per heavy atom. The number of nitrogens with zero attached hydrogens (tertiary/aromatic N) is 4. The molecule has 144 valence electrons. The number of rotatable bonds is 8. The number of benzene rings is 1. The molecule has 7 nitrogen and oxygen atoms in total. The topological polar surface area (TPSA) is 97.4 Å². The first-order valence-corrected chi connectivity index (χ1v) is 9.70. The number of hydrogen-bond donors (Lipinski definition) is 3. The average molecular weight is 375 g/mol. The van der Waals surface area contributed by atoms with E-state index in [2.05, 4.69) is 50.2 Å². The van der Waals surface area contributed by atoms with Gasteiger partial charge in [-0.3, -0.25) is 10.1 Å². The molecule has 0 aliphatic carbocycles. The van der Waals surface area contributed by atoms with E-state index < -0.39 is 0 Å². The van der Waals surface area contributed by atoms with Gasteiger partial charge in [-0.05, 0) is 49.1 Å². The first-order chi connectivity index (χ1) is 13.8. The molecule has 0 atom stereocenters. The standard InChI is InChI=1S/C21H25N7/c1-2-11-24-20-18(19(22)26-27-20)21-25-16-7-3-4-8-17(16)28(21)14-5-6-15-9-12-23-13-10-15/h3-4,7-10,12-13H,2,5-6,11,14H2,1H3,(H4,22,24,26,27). The fourth-order valence-electron chi connectivity index (χ4n) is 3.44. The zero-order valence-corrected chi connectivity index (χ0v) is 16.0. The van der Waals surface area contributed by atoms with Crippen LogP contribution in [0.5, 0.6) is 0 Å². The van der Waals surface area contributed by atoms with Gasteiger partial charge >= 0.3 is 0 Å². The molecule has 0 spiro atoms. The van der Waals surface area contributed by atoms with Gasteiger partial charge in [0.15, 0.2) is 5.82 Å². The summed E-state index contributed by atoms with van der Waals surface area (Å²) in [5, 5.41) is 10.6. The Kier molecular flexibility index (Phi) is 5.23. The van der Waals surface area contributed by atoms with Crippen LogP contribution in [0.1, 0.15) is 25.3 Å². The van der Waals surface area contributed by atoms with Crippen molar-refractivity contribution in [2.24, 2.45) is 0 Å². The molecule has 0 amide bonds. The van der Waals surface area contributed by atoms with Gasteiger partial charge in [0.25, 0.3) is 0 Å². The third-order valence-electron chi connectivity index (χ3n) is 4.81. The van der Waals surface area contributed by atoms with Gasteiger partial charge in [0.05, 0.1) is 11.0 Å². The normalized spacial score (nSPS) is 11.2. The monoisotopic (exact) mass is 375 g/mol. The maximum Gasteiger partial charge on any atom is 0.161 e. The number of para-hydroxylation sites is 2. The summed E-state index contributed by atoms with van der Waals surface area (Å²) in [5.74, 6) is 2.13. The molecule has 3 heterocycles. The van der Waals surface area contributed by atoms with Crippen molar-refractivity contribution >= 4 is 22.7 Å². The fraction of sp³-hybridized carbons (Fsp3) is 0.286. The van der Waals surface area contributed by atoms with E-state index in [1.54, 1.807) is 0 Å². The van der Waals surface area contributed by atoms with Crippen molar-refractivity contribution in [1.29, 1.82) is 0 Å². The van der Waals surface area contributed by atoms with Gasteiger partial charge in [-0.2, -0.15) is 5.10 Å². The Labute approximate surface area is 164 Å². The van der Waals surface area contributed by atoms with Crippen molar-refractivity contribution in [3.8, 4) is 11.4 Å². The molecule has 0 saturated carbocycles. The molecule has 3 aromatic heterocycles. The highest BCUT2D eigenvalue weighted by Crippen LogP contribution is 2.33. The predicted molar refractivity (Wildman–Crippen MR) is 113 cm³/mol. The Bertz CT molecular complexity index is 1050. The Morgan fingerprint density at radius 3 is 2.79 bits per heavy atom. The number of aromatic nitrogens is 5. The Balaban J connectivity index is 1.69. The van der Waals surface area contributed by atoms with Crippen molar-refractivity contribution < 1.29 is 0 Å². The molecule has 4 rings (SSSR count). The summed E-state index contributed by atoms with van der Waals surface area (Å²) in [6.45, 7) is 3.80. The summed E-state index contributed by atoms with van der Waals surface area (Å²) in [4.78, 5) is 8.97. The van der Waals surface area contributed by atoms with Gasteiger partial charge in [-0.25, -0.2) is 4.98 Å². The van der Waals surface area contributed by atoms with Gasteiger partial charge in [-0.15, -0.1) is 0 Å². The lowest BCUT2D eigenvalue weighted by Crippen LogP contribution is -2.06. The number of nitrogen functional groups attached to an aromatic ring is 1. The number of pyridine rings is 1. The zero-order chi connectivity index (χ0) is 19.3. The van der Waals surface area contributed by atoms with E-state index in [9.17, 15) is 0 Å². The number of fused-ring (bicyclic) bond motifs is 1. The van der Waals surface area contributed by atoms with Crippen molar-refractivity contribution in [2.45, 2.75) is 32.7 Å². The van der Waals surface area contributed by atoms with E-state index in [1.165, 1.54) is 5.56 Å². The molecule has 0 radical (unpaired) electrons. The number of imidazole rings is 1. The molecule has 0 unspecified atom stereocenters. The quantitative estimate of drug-likeness (QED) is 0.434. The van der Waals surface area contributed by atoms with E-state index in [0.29, 0.717) is 5.82 Å². The van der Waals surface area contributed by atoms with Crippen molar-refractivity contribution in [3.05, 3.63) is 54.4 Å². The van der Waals surface area contributed by atoms with Crippen LogP contribution in [0.25, 0.3) is 22.4 Å². The summed E-state index contributed by atoms with van der Waals surface area (Å²) < 4.78 is 2.24. The third-order valence-corrected chi connectivity index (χ3v) is 4.81. The molecule has 7 heteroatoms. The molecule has 4 aromatic rings. The van der Waals surface area contributed by atoms with Crippen molar-refractivity contribution in [2.75, 3.05) is 17.6 Å². The van der Waals surface area contributed by atoms with Crippen LogP contribution < -0.4 is 11.1 Å². The highest BCUT2D eigenvalue weighted by molar-refractivity contribution is 5.87. The molecule has 0 fully saturated rings. The lowest BCUT2D eigenvalue weighted by molar-refractivity contribution is 0.662. The molecule has 1 aromatic carbocycles. The maximum atomic E-state index is 6.24. The molecule has 0 saturated heterocycles. The summed E-state index contributed by atoms with van der Waals surface area (Å²) >= 11 is 0. The molecule has 0 bridgehead atoms. The van der Waals surface area contributed by atoms with E-state index in [4.69, 9.17) is 10.7 Å². The summed E-state index contributed by atoms with van der Waals surface area (Å²) in [6, 6.07) is 12.3. The number of nitrogens with one attached hydrogen (secondary N) is 2. The van der Waals surface area contributed by atoms with Crippen molar-refractivity contribution in [1.82, 2.24) is 24.7 Å². The van der Waals surface area contributed by atoms with Crippen LogP contribution in [0.4, 0.5) is 11.6 Å². The molecular weight excluding hydrogens is 350 g/mol. The minimum Gasteiger partial charge on any atom is -0.383 e. The second-order valence-corrected chi connectivity index (χ2v) is 6.82. The Hall–Kier alpha value is -3.35. The Morgan fingerprint density at radius 2 is 1.96 bits per heavy atom. The first kappa shape index (κ1) is 18.0. The molecular formula is C21H25N7. The lowest BCUT2D eigenvalue weighted by Gasteiger charge is -2.11. The van der Waals surface area contributed by atoms with Crippen LogP contribution in [-0.4, -0.2) is 31.3 Å². The average Bonchev–Trinajstić information content (AvgIpc) is 3.27. The number of anilines is 2. The van der Waals surface area contributed by atoms with Gasteiger partial charge in [0.1, 0.15) is 17.2 Å². The van der Waals surface area contributed by atoms with Crippen LogP contribution >= 0.6 is 0 Å². The van der Waals surface area contributed by atoms with Gasteiger partial charge in [0, 0.05) is 25.5 Å². The van der Waals surface area contributed by atoms with Gasteiger partial charge in [0.2, 0.25) is 0 Å². The SMILES string of the molecule is CCCNc1n[nH]c(N)c1-c1nc2ccccc2n1CCCc1ccncc1. The maximum absolute atomic E-state index is 6.24. The van der Waals surface area contributed by atoms with Gasteiger partial charge < -0.3 is 15.6 Å². The number of aromatic amines is 1. The zero-order valence-electron chi connectivity index (χ0n) is 16.0. The van der Waals surface area contributed by atoms with E-state index in [-0.39, 0.29) is 0 Å². The van der Waals surface area contributed by atoms with Crippen LogP contribution in [0.3, 0.4) is 0 Å². The highest BCUT2D eigenvalue weighted by atomic mass is 15.2. The summed E-state index contributed by atoms with van der Waals surface area (Å²) in [6.07, 6.45) is 6.66. The number of aryl methyl sites for hydroxylation is 2. The summed E-state index contributed by atoms with van der Waals surface area (Å²) in [7, 11) is 0. The first-order valence-electron chi connectivity index (χ1n) is 9.70. The van der Waals surface area contributed by atoms with Crippen molar-refractivity contribution in [3.63, 3.8) is 0 Å². The van der Waals surface area contributed by atoms with E-state index in [0.717, 1.165) is 60.6 Å². The van der Waals surface area contributed by atoms with Crippen LogP contribution in [0, 0.1) is 0 Å². The lowest BCUT2D eigenvalue weighted by atomic mass is 10.1.